The van der Waals surface area contributed by atoms with Crippen molar-refractivity contribution in [3.8, 4) is 0 Å². The summed E-state index contributed by atoms with van der Waals surface area (Å²) in [6, 6.07) is 0.211. The topological polar surface area (TPSA) is 38.1 Å². The average Bonchev–Trinajstić information content (AvgIpc) is 2.86. The molecule has 0 saturated heterocycles. The van der Waals surface area contributed by atoms with Crippen molar-refractivity contribution in [1.82, 2.24) is 10.3 Å². The average molecular weight is 260 g/mol. The summed E-state index contributed by atoms with van der Waals surface area (Å²) in [6.07, 6.45) is 10.5. The van der Waals surface area contributed by atoms with Gasteiger partial charge in [0, 0.05) is 5.41 Å². The standard InChI is InChI=1S/C16H24N2O/c1-10(17-2)15-18-9-14(19-15)16-6-11-3-12(7-16)5-13(4-11)8-16/h9-13,17H,3-8H2,1-2H3. The van der Waals surface area contributed by atoms with Crippen LogP contribution in [0, 0.1) is 17.8 Å². The molecule has 0 aromatic carbocycles. The predicted octanol–water partition coefficient (Wildman–Crippen LogP) is 3.42. The van der Waals surface area contributed by atoms with Crippen LogP contribution in [-0.2, 0) is 5.41 Å². The lowest BCUT2D eigenvalue weighted by Gasteiger charge is -2.55. The Morgan fingerprint density at radius 3 is 2.32 bits per heavy atom. The molecule has 4 fully saturated rings. The predicted molar refractivity (Wildman–Crippen MR) is 73.8 cm³/mol. The van der Waals surface area contributed by atoms with Crippen LogP contribution in [-0.4, -0.2) is 12.0 Å². The Hall–Kier alpha value is -0.830. The first-order valence-electron chi connectivity index (χ1n) is 7.82. The van der Waals surface area contributed by atoms with Crippen LogP contribution >= 0.6 is 0 Å². The van der Waals surface area contributed by atoms with E-state index >= 15 is 0 Å². The Balaban J connectivity index is 1.66. The van der Waals surface area contributed by atoms with Gasteiger partial charge in [-0.3, -0.25) is 0 Å². The molecule has 1 N–H and O–H groups in total. The maximum atomic E-state index is 6.15. The fourth-order valence-corrected chi connectivity index (χ4v) is 5.27. The summed E-state index contributed by atoms with van der Waals surface area (Å²) >= 11 is 0. The number of hydrogen-bond acceptors (Lipinski definition) is 3. The molecule has 0 radical (unpaired) electrons. The number of nitrogens with zero attached hydrogens (tertiary/aromatic N) is 1. The van der Waals surface area contributed by atoms with E-state index in [0.717, 1.165) is 23.6 Å². The van der Waals surface area contributed by atoms with Crippen LogP contribution in [0.2, 0.25) is 0 Å². The lowest BCUT2D eigenvalue weighted by molar-refractivity contribution is -0.0157. The number of oxazole rings is 1. The number of aromatic nitrogens is 1. The van der Waals surface area contributed by atoms with Gasteiger partial charge in [-0.15, -0.1) is 0 Å². The maximum Gasteiger partial charge on any atom is 0.211 e. The molecule has 4 bridgehead atoms. The third-order valence-electron chi connectivity index (χ3n) is 5.89. The van der Waals surface area contributed by atoms with E-state index in [2.05, 4.69) is 17.2 Å². The van der Waals surface area contributed by atoms with Crippen molar-refractivity contribution < 1.29 is 4.42 Å². The molecule has 0 amide bonds. The van der Waals surface area contributed by atoms with E-state index in [0.29, 0.717) is 5.41 Å². The summed E-state index contributed by atoms with van der Waals surface area (Å²) in [5.41, 5.74) is 0.341. The summed E-state index contributed by atoms with van der Waals surface area (Å²) in [7, 11) is 1.96. The van der Waals surface area contributed by atoms with Crippen molar-refractivity contribution in [1.29, 1.82) is 0 Å². The lowest BCUT2D eigenvalue weighted by atomic mass is 9.49. The molecule has 4 aliphatic carbocycles. The minimum Gasteiger partial charge on any atom is -0.443 e. The zero-order valence-corrected chi connectivity index (χ0v) is 12.0. The Bertz CT molecular complexity index is 444. The van der Waals surface area contributed by atoms with Crippen molar-refractivity contribution in [2.24, 2.45) is 17.8 Å². The minimum absolute atomic E-state index is 0.211. The van der Waals surface area contributed by atoms with Gasteiger partial charge in [0.25, 0.3) is 0 Å². The van der Waals surface area contributed by atoms with Crippen LogP contribution in [0.15, 0.2) is 10.6 Å². The van der Waals surface area contributed by atoms with E-state index < -0.39 is 0 Å². The quantitative estimate of drug-likeness (QED) is 0.905. The van der Waals surface area contributed by atoms with E-state index in [1.54, 1.807) is 0 Å². The maximum absolute atomic E-state index is 6.15. The molecule has 4 saturated carbocycles. The SMILES string of the molecule is CNC(C)c1ncc(C23CC4CC(CC(C4)C2)C3)o1. The molecule has 3 nitrogen and oxygen atoms in total. The molecule has 1 heterocycles. The fraction of sp³-hybridized carbons (Fsp3) is 0.812. The largest absolute Gasteiger partial charge is 0.443 e. The highest BCUT2D eigenvalue weighted by molar-refractivity contribution is 5.19. The summed E-state index contributed by atoms with van der Waals surface area (Å²) in [5, 5.41) is 3.21. The van der Waals surface area contributed by atoms with Crippen LogP contribution in [0.4, 0.5) is 0 Å². The van der Waals surface area contributed by atoms with Crippen LogP contribution < -0.4 is 5.32 Å². The van der Waals surface area contributed by atoms with E-state index in [4.69, 9.17) is 4.42 Å². The van der Waals surface area contributed by atoms with Crippen molar-refractivity contribution in [3.05, 3.63) is 17.8 Å². The van der Waals surface area contributed by atoms with E-state index in [-0.39, 0.29) is 6.04 Å². The molecule has 5 rings (SSSR count). The summed E-state index contributed by atoms with van der Waals surface area (Å²) in [5.74, 6) is 4.92. The first kappa shape index (κ1) is 12.0. The van der Waals surface area contributed by atoms with Crippen molar-refractivity contribution in [2.45, 2.75) is 56.9 Å². The van der Waals surface area contributed by atoms with Gasteiger partial charge in [0.05, 0.1) is 12.2 Å². The molecule has 0 aliphatic heterocycles. The van der Waals surface area contributed by atoms with Crippen LogP contribution in [0.1, 0.15) is 63.1 Å². The summed E-state index contributed by atoms with van der Waals surface area (Å²) < 4.78 is 6.15. The highest BCUT2D eigenvalue weighted by Crippen LogP contribution is 2.60. The number of rotatable bonds is 3. The number of hydrogen-bond donors (Lipinski definition) is 1. The first-order chi connectivity index (χ1) is 9.18. The van der Waals surface area contributed by atoms with E-state index in [9.17, 15) is 0 Å². The minimum atomic E-state index is 0.211. The van der Waals surface area contributed by atoms with Gasteiger partial charge < -0.3 is 9.73 Å². The van der Waals surface area contributed by atoms with Gasteiger partial charge in [-0.25, -0.2) is 4.98 Å². The Kier molecular flexibility index (Phi) is 2.57. The molecule has 1 aromatic heterocycles. The molecule has 3 heteroatoms. The summed E-state index contributed by atoms with van der Waals surface area (Å²) in [4.78, 5) is 4.51. The van der Waals surface area contributed by atoms with Crippen molar-refractivity contribution >= 4 is 0 Å². The van der Waals surface area contributed by atoms with Crippen LogP contribution in [0.5, 0.6) is 0 Å². The van der Waals surface area contributed by atoms with Gasteiger partial charge in [-0.1, -0.05) is 0 Å². The van der Waals surface area contributed by atoms with Gasteiger partial charge >= 0.3 is 0 Å². The molecule has 1 aromatic rings. The normalized spacial score (nSPS) is 41.7. The van der Waals surface area contributed by atoms with Gasteiger partial charge in [-0.2, -0.15) is 0 Å². The van der Waals surface area contributed by atoms with E-state index in [1.165, 1.54) is 44.3 Å². The second-order valence-corrected chi connectivity index (χ2v) is 7.27. The highest BCUT2D eigenvalue weighted by atomic mass is 16.4. The fourth-order valence-electron chi connectivity index (χ4n) is 5.27. The molecular weight excluding hydrogens is 236 g/mol. The lowest BCUT2D eigenvalue weighted by Crippen LogP contribution is -2.48. The molecular formula is C16H24N2O. The van der Waals surface area contributed by atoms with Crippen molar-refractivity contribution in [2.75, 3.05) is 7.05 Å². The Labute approximate surface area is 115 Å². The molecule has 4 aliphatic rings. The third kappa shape index (κ3) is 1.78. The molecule has 104 valence electrons. The van der Waals surface area contributed by atoms with E-state index in [1.807, 2.05) is 13.2 Å². The molecule has 1 atom stereocenters. The van der Waals surface area contributed by atoms with Crippen LogP contribution in [0.3, 0.4) is 0 Å². The van der Waals surface area contributed by atoms with Gasteiger partial charge in [-0.05, 0) is 70.3 Å². The van der Waals surface area contributed by atoms with Gasteiger partial charge in [0.1, 0.15) is 5.76 Å². The van der Waals surface area contributed by atoms with Gasteiger partial charge in [0.15, 0.2) is 0 Å². The highest BCUT2D eigenvalue weighted by Gasteiger charge is 2.53. The first-order valence-corrected chi connectivity index (χ1v) is 7.82. The second kappa shape index (κ2) is 4.08. The van der Waals surface area contributed by atoms with Gasteiger partial charge in [0.2, 0.25) is 5.89 Å². The molecule has 1 unspecified atom stereocenters. The van der Waals surface area contributed by atoms with Crippen LogP contribution in [0.25, 0.3) is 0 Å². The molecule has 19 heavy (non-hydrogen) atoms. The summed E-state index contributed by atoms with van der Waals surface area (Å²) in [6.45, 7) is 2.11. The van der Waals surface area contributed by atoms with Crippen molar-refractivity contribution in [3.63, 3.8) is 0 Å². The third-order valence-corrected chi connectivity index (χ3v) is 5.89. The zero-order valence-electron chi connectivity index (χ0n) is 12.0. The smallest absolute Gasteiger partial charge is 0.211 e. The molecule has 0 spiro atoms. The Morgan fingerprint density at radius 1 is 1.21 bits per heavy atom. The second-order valence-electron chi connectivity index (χ2n) is 7.27. The Morgan fingerprint density at radius 2 is 1.79 bits per heavy atom. The number of nitrogens with one attached hydrogen (secondary N) is 1. The zero-order chi connectivity index (χ0) is 13.0. The monoisotopic (exact) mass is 260 g/mol.